The molecule has 0 unspecified atom stereocenters. The molecule has 1 aromatic carbocycles. The number of para-hydroxylation sites is 1. The van der Waals surface area contributed by atoms with Gasteiger partial charge in [0, 0.05) is 17.6 Å². The summed E-state index contributed by atoms with van der Waals surface area (Å²) in [4.78, 5) is 13.9. The average molecular weight is 294 g/mol. The topological polar surface area (TPSA) is 72.8 Å². The number of likely N-dealkylation sites (N-methyl/N-ethyl adjacent to an activating group) is 1. The maximum Gasteiger partial charge on any atom is 0.238 e. The number of hydrogen-bond acceptors (Lipinski definition) is 4. The number of aliphatic hydroxyl groups is 2. The van der Waals surface area contributed by atoms with E-state index in [1.54, 1.807) is 18.9 Å². The highest BCUT2D eigenvalue weighted by Crippen LogP contribution is 2.19. The Kier molecular flexibility index (Phi) is 6.33. The molecule has 0 saturated carbocycles. The number of hydrogen-bond donors (Lipinski definition) is 3. The van der Waals surface area contributed by atoms with Crippen LogP contribution in [0.2, 0.25) is 0 Å². The van der Waals surface area contributed by atoms with Crippen LogP contribution in [0.1, 0.15) is 18.1 Å². The fourth-order valence-electron chi connectivity index (χ4n) is 2.29. The van der Waals surface area contributed by atoms with E-state index in [-0.39, 0.29) is 25.7 Å². The van der Waals surface area contributed by atoms with E-state index in [4.69, 9.17) is 0 Å². The smallest absolute Gasteiger partial charge is 0.238 e. The number of amides is 1. The molecule has 0 aromatic heterocycles. The van der Waals surface area contributed by atoms with Crippen molar-refractivity contribution in [2.75, 3.05) is 38.7 Å². The highest BCUT2D eigenvalue weighted by molar-refractivity contribution is 5.93. The molecule has 21 heavy (non-hydrogen) atoms. The Bertz CT molecular complexity index is 464. The second kappa shape index (κ2) is 7.54. The van der Waals surface area contributed by atoms with Gasteiger partial charge < -0.3 is 15.5 Å². The molecule has 0 heterocycles. The van der Waals surface area contributed by atoms with Crippen molar-refractivity contribution in [1.29, 1.82) is 0 Å². The van der Waals surface area contributed by atoms with Gasteiger partial charge in [-0.1, -0.05) is 25.1 Å². The summed E-state index contributed by atoms with van der Waals surface area (Å²) in [5, 5.41) is 21.5. The van der Waals surface area contributed by atoms with E-state index in [1.807, 2.05) is 32.0 Å². The summed E-state index contributed by atoms with van der Waals surface area (Å²) in [6, 6.07) is 5.88. The van der Waals surface area contributed by atoms with Gasteiger partial charge in [-0.25, -0.2) is 0 Å². The van der Waals surface area contributed by atoms with Crippen LogP contribution in [0.15, 0.2) is 18.2 Å². The van der Waals surface area contributed by atoms with Gasteiger partial charge >= 0.3 is 0 Å². The fraction of sp³-hybridized carbons (Fsp3) is 0.562. The van der Waals surface area contributed by atoms with Crippen molar-refractivity contribution in [1.82, 2.24) is 4.90 Å². The maximum absolute atomic E-state index is 12.1. The molecule has 0 saturated heterocycles. The van der Waals surface area contributed by atoms with Gasteiger partial charge in [-0.3, -0.25) is 9.69 Å². The first-order valence-electron chi connectivity index (χ1n) is 7.07. The Hall–Kier alpha value is -1.43. The predicted molar refractivity (Wildman–Crippen MR) is 84.3 cm³/mol. The Morgan fingerprint density at radius 1 is 1.24 bits per heavy atom. The van der Waals surface area contributed by atoms with Gasteiger partial charge in [-0.2, -0.15) is 0 Å². The minimum Gasteiger partial charge on any atom is -0.396 e. The second-order valence-electron chi connectivity index (χ2n) is 6.11. The fourth-order valence-corrected chi connectivity index (χ4v) is 2.29. The van der Waals surface area contributed by atoms with Crippen LogP contribution in [0.25, 0.3) is 0 Å². The van der Waals surface area contributed by atoms with Crippen LogP contribution < -0.4 is 5.32 Å². The molecule has 0 atom stereocenters. The Balaban J connectivity index is 2.62. The first-order chi connectivity index (χ1) is 9.81. The molecule has 1 rings (SSSR count). The first-order valence-corrected chi connectivity index (χ1v) is 7.07. The lowest BCUT2D eigenvalue weighted by molar-refractivity contribution is -0.117. The molecule has 118 valence electrons. The Labute approximate surface area is 126 Å². The summed E-state index contributed by atoms with van der Waals surface area (Å²) >= 11 is 0. The van der Waals surface area contributed by atoms with E-state index >= 15 is 0 Å². The summed E-state index contributed by atoms with van der Waals surface area (Å²) in [5.41, 5.74) is 2.30. The Morgan fingerprint density at radius 3 is 2.24 bits per heavy atom. The molecule has 3 N–H and O–H groups in total. The highest BCUT2D eigenvalue weighted by Gasteiger charge is 2.25. The second-order valence-corrected chi connectivity index (χ2v) is 6.11. The molecule has 0 aliphatic carbocycles. The Morgan fingerprint density at radius 2 is 1.76 bits per heavy atom. The van der Waals surface area contributed by atoms with Crippen molar-refractivity contribution in [3.63, 3.8) is 0 Å². The minimum absolute atomic E-state index is 0.104. The molecule has 0 fully saturated rings. The van der Waals surface area contributed by atoms with E-state index in [0.29, 0.717) is 6.54 Å². The molecule has 5 nitrogen and oxygen atoms in total. The summed E-state index contributed by atoms with van der Waals surface area (Å²) in [5.74, 6) is -0.104. The number of carbonyl (C=O) groups excluding carboxylic acids is 1. The zero-order valence-corrected chi connectivity index (χ0v) is 13.3. The maximum atomic E-state index is 12.1. The van der Waals surface area contributed by atoms with Gasteiger partial charge in [0.1, 0.15) is 0 Å². The third-order valence-electron chi connectivity index (χ3n) is 3.57. The largest absolute Gasteiger partial charge is 0.396 e. The number of nitrogens with one attached hydrogen (secondary N) is 1. The van der Waals surface area contributed by atoms with E-state index < -0.39 is 5.41 Å². The van der Waals surface area contributed by atoms with Crippen LogP contribution >= 0.6 is 0 Å². The number of rotatable bonds is 7. The monoisotopic (exact) mass is 294 g/mol. The number of carbonyl (C=O) groups is 1. The van der Waals surface area contributed by atoms with Gasteiger partial charge in [0.25, 0.3) is 0 Å². The van der Waals surface area contributed by atoms with Crippen molar-refractivity contribution >= 4 is 11.6 Å². The SMILES string of the molecule is Cc1cccc(C)c1NC(=O)CN(C)CC(C)(CO)CO. The zero-order chi connectivity index (χ0) is 16.0. The van der Waals surface area contributed by atoms with E-state index in [0.717, 1.165) is 16.8 Å². The standard InChI is InChI=1S/C16H26N2O3/c1-12-6-5-7-13(2)15(12)17-14(21)8-18(4)9-16(3,10-19)11-20/h5-7,19-20H,8-11H2,1-4H3,(H,17,21). The van der Waals surface area contributed by atoms with Crippen molar-refractivity contribution in [3.05, 3.63) is 29.3 Å². The molecule has 5 heteroatoms. The lowest BCUT2D eigenvalue weighted by Crippen LogP contribution is -2.42. The van der Waals surface area contributed by atoms with Crippen molar-refractivity contribution in [2.45, 2.75) is 20.8 Å². The van der Waals surface area contributed by atoms with Crippen LogP contribution in [-0.4, -0.2) is 54.4 Å². The summed E-state index contributed by atoms with van der Waals surface area (Å²) in [6.45, 7) is 6.12. The molecular weight excluding hydrogens is 268 g/mol. The quantitative estimate of drug-likeness (QED) is 0.706. The summed E-state index contributed by atoms with van der Waals surface area (Å²) in [7, 11) is 1.80. The third-order valence-corrected chi connectivity index (χ3v) is 3.57. The summed E-state index contributed by atoms with van der Waals surface area (Å²) < 4.78 is 0. The van der Waals surface area contributed by atoms with E-state index in [1.165, 1.54) is 0 Å². The normalized spacial score (nSPS) is 11.8. The number of nitrogens with zero attached hydrogens (tertiary/aromatic N) is 1. The van der Waals surface area contributed by atoms with Crippen molar-refractivity contribution in [2.24, 2.45) is 5.41 Å². The number of aryl methyl sites for hydroxylation is 2. The van der Waals surface area contributed by atoms with Crippen molar-refractivity contribution in [3.8, 4) is 0 Å². The molecule has 1 amide bonds. The van der Waals surface area contributed by atoms with Crippen LogP contribution in [-0.2, 0) is 4.79 Å². The number of benzene rings is 1. The minimum atomic E-state index is -0.604. The summed E-state index contributed by atoms with van der Waals surface area (Å²) in [6.07, 6.45) is 0. The molecule has 0 aliphatic rings. The number of aliphatic hydroxyl groups excluding tert-OH is 2. The van der Waals surface area contributed by atoms with Gasteiger partial charge in [0.15, 0.2) is 0 Å². The first kappa shape index (κ1) is 17.6. The predicted octanol–water partition coefficient (Wildman–Crippen LogP) is 1.16. The molecule has 1 aromatic rings. The van der Waals surface area contributed by atoms with Gasteiger partial charge in [0.2, 0.25) is 5.91 Å². The molecule has 0 bridgehead atoms. The van der Waals surface area contributed by atoms with E-state index in [2.05, 4.69) is 5.32 Å². The third kappa shape index (κ3) is 5.12. The molecule has 0 radical (unpaired) electrons. The zero-order valence-electron chi connectivity index (χ0n) is 13.3. The van der Waals surface area contributed by atoms with Crippen molar-refractivity contribution < 1.29 is 15.0 Å². The van der Waals surface area contributed by atoms with E-state index in [9.17, 15) is 15.0 Å². The lowest BCUT2D eigenvalue weighted by atomic mass is 9.92. The van der Waals surface area contributed by atoms with Crippen LogP contribution in [0.4, 0.5) is 5.69 Å². The van der Waals surface area contributed by atoms with Crippen LogP contribution in [0, 0.1) is 19.3 Å². The number of anilines is 1. The van der Waals surface area contributed by atoms with Crippen LogP contribution in [0.3, 0.4) is 0 Å². The lowest BCUT2D eigenvalue weighted by Gasteiger charge is -2.30. The molecule has 0 aliphatic heterocycles. The molecule has 0 spiro atoms. The van der Waals surface area contributed by atoms with Gasteiger partial charge in [-0.05, 0) is 32.0 Å². The highest BCUT2D eigenvalue weighted by atomic mass is 16.3. The van der Waals surface area contributed by atoms with Crippen LogP contribution in [0.5, 0.6) is 0 Å². The van der Waals surface area contributed by atoms with Gasteiger partial charge in [-0.15, -0.1) is 0 Å². The average Bonchev–Trinajstić information content (AvgIpc) is 2.42. The molecular formula is C16H26N2O3. The van der Waals surface area contributed by atoms with Gasteiger partial charge in [0.05, 0.1) is 19.8 Å².